The number of nitrogens with one attached hydrogen (secondary N) is 1. The first-order valence-corrected chi connectivity index (χ1v) is 4.09. The first-order chi connectivity index (χ1) is 5.88. The van der Waals surface area contributed by atoms with Crippen LogP contribution in [-0.4, -0.2) is 18.6 Å². The molecule has 0 bridgehead atoms. The van der Waals surface area contributed by atoms with E-state index in [1.54, 1.807) is 6.20 Å². The molecule has 66 valence electrons. The lowest BCUT2D eigenvalue weighted by Crippen LogP contribution is -2.08. The zero-order valence-corrected chi connectivity index (χ0v) is 7.50. The minimum absolute atomic E-state index is 0.660. The molecule has 1 rings (SSSR count). The number of rotatable bonds is 4. The van der Waals surface area contributed by atoms with E-state index in [0.29, 0.717) is 6.61 Å². The fraction of sp³-hybridized carbons (Fsp3) is 0.444. The van der Waals surface area contributed by atoms with Crippen molar-refractivity contribution in [1.82, 2.24) is 10.3 Å². The summed E-state index contributed by atoms with van der Waals surface area (Å²) in [5, 5.41) is 3.06. The van der Waals surface area contributed by atoms with Gasteiger partial charge in [0.2, 0.25) is 5.88 Å². The van der Waals surface area contributed by atoms with Crippen LogP contribution < -0.4 is 10.1 Å². The van der Waals surface area contributed by atoms with Crippen molar-refractivity contribution in [2.24, 2.45) is 0 Å². The van der Waals surface area contributed by atoms with Gasteiger partial charge in [0, 0.05) is 18.3 Å². The van der Waals surface area contributed by atoms with E-state index >= 15 is 0 Å². The van der Waals surface area contributed by atoms with Crippen LogP contribution in [-0.2, 0) is 6.54 Å². The maximum atomic E-state index is 5.34. The summed E-state index contributed by atoms with van der Waals surface area (Å²) in [6, 6.07) is 3.92. The fourth-order valence-corrected chi connectivity index (χ4v) is 1.02. The van der Waals surface area contributed by atoms with E-state index in [0.717, 1.165) is 18.0 Å². The summed E-state index contributed by atoms with van der Waals surface area (Å²) < 4.78 is 5.34. The van der Waals surface area contributed by atoms with Crippen LogP contribution in [0, 0.1) is 0 Å². The topological polar surface area (TPSA) is 34.1 Å². The molecule has 0 aliphatic carbocycles. The smallest absolute Gasteiger partial charge is 0.217 e. The molecule has 0 aliphatic rings. The van der Waals surface area contributed by atoms with Gasteiger partial charge < -0.3 is 10.1 Å². The minimum atomic E-state index is 0.660. The van der Waals surface area contributed by atoms with Gasteiger partial charge in [-0.15, -0.1) is 0 Å². The summed E-state index contributed by atoms with van der Waals surface area (Å²) in [6.07, 6.45) is 1.74. The molecule has 3 nitrogen and oxygen atoms in total. The third-order valence-corrected chi connectivity index (χ3v) is 1.50. The Labute approximate surface area is 72.8 Å². The van der Waals surface area contributed by atoms with E-state index in [-0.39, 0.29) is 0 Å². The van der Waals surface area contributed by atoms with E-state index in [9.17, 15) is 0 Å². The van der Waals surface area contributed by atoms with E-state index < -0.39 is 0 Å². The van der Waals surface area contributed by atoms with Gasteiger partial charge in [0.15, 0.2) is 0 Å². The number of hydrogen-bond acceptors (Lipinski definition) is 3. The van der Waals surface area contributed by atoms with Gasteiger partial charge in [-0.25, -0.2) is 4.98 Å². The van der Waals surface area contributed by atoms with E-state index in [1.165, 1.54) is 0 Å². The zero-order chi connectivity index (χ0) is 8.81. The summed E-state index contributed by atoms with van der Waals surface area (Å²) in [5.41, 5.74) is 1.10. The van der Waals surface area contributed by atoms with Gasteiger partial charge in [-0.1, -0.05) is 6.07 Å². The van der Waals surface area contributed by atoms with Crippen molar-refractivity contribution in [3.8, 4) is 5.88 Å². The molecule has 0 saturated carbocycles. The summed E-state index contributed by atoms with van der Waals surface area (Å²) in [6.45, 7) is 3.41. The fourth-order valence-electron chi connectivity index (χ4n) is 1.02. The van der Waals surface area contributed by atoms with Gasteiger partial charge in [0.05, 0.1) is 6.61 Å². The average Bonchev–Trinajstić information content (AvgIpc) is 2.09. The Balaban J connectivity index is 2.77. The number of pyridine rings is 1. The van der Waals surface area contributed by atoms with Crippen LogP contribution in [0.1, 0.15) is 12.5 Å². The molecule has 0 saturated heterocycles. The van der Waals surface area contributed by atoms with Crippen molar-refractivity contribution in [2.45, 2.75) is 13.5 Å². The van der Waals surface area contributed by atoms with Crippen LogP contribution in [0.5, 0.6) is 5.88 Å². The molecule has 0 unspecified atom stereocenters. The maximum absolute atomic E-state index is 5.34. The van der Waals surface area contributed by atoms with Gasteiger partial charge in [-0.2, -0.15) is 0 Å². The second-order valence-electron chi connectivity index (χ2n) is 2.43. The first kappa shape index (κ1) is 9.00. The van der Waals surface area contributed by atoms with Gasteiger partial charge >= 0.3 is 0 Å². The van der Waals surface area contributed by atoms with Crippen molar-refractivity contribution in [3.63, 3.8) is 0 Å². The summed E-state index contributed by atoms with van der Waals surface area (Å²) >= 11 is 0. The van der Waals surface area contributed by atoms with Crippen LogP contribution in [0.2, 0.25) is 0 Å². The van der Waals surface area contributed by atoms with E-state index in [4.69, 9.17) is 4.74 Å². The second-order valence-corrected chi connectivity index (χ2v) is 2.43. The monoisotopic (exact) mass is 166 g/mol. The zero-order valence-electron chi connectivity index (χ0n) is 7.50. The van der Waals surface area contributed by atoms with Crippen molar-refractivity contribution >= 4 is 0 Å². The Morgan fingerprint density at radius 1 is 1.58 bits per heavy atom. The summed E-state index contributed by atoms with van der Waals surface area (Å²) in [5.74, 6) is 0.731. The van der Waals surface area contributed by atoms with E-state index in [2.05, 4.69) is 10.3 Å². The van der Waals surface area contributed by atoms with Gasteiger partial charge in [0.1, 0.15) is 0 Å². The maximum Gasteiger partial charge on any atom is 0.217 e. The van der Waals surface area contributed by atoms with Gasteiger partial charge in [0.25, 0.3) is 0 Å². The molecule has 0 spiro atoms. The molecule has 0 aliphatic heterocycles. The molecular formula is C9H14N2O. The molecule has 1 aromatic rings. The van der Waals surface area contributed by atoms with Crippen molar-refractivity contribution in [1.29, 1.82) is 0 Å². The number of hydrogen-bond donors (Lipinski definition) is 1. The lowest BCUT2D eigenvalue weighted by molar-refractivity contribution is 0.322. The highest BCUT2D eigenvalue weighted by Gasteiger charge is 2.00. The largest absolute Gasteiger partial charge is 0.478 e. The quantitative estimate of drug-likeness (QED) is 0.729. The molecule has 0 atom stereocenters. The molecule has 1 N–H and O–H groups in total. The Morgan fingerprint density at radius 2 is 2.42 bits per heavy atom. The number of nitrogens with zero attached hydrogens (tertiary/aromatic N) is 1. The molecule has 0 aromatic carbocycles. The number of aromatic nitrogens is 1. The average molecular weight is 166 g/mol. The molecule has 1 aromatic heterocycles. The Morgan fingerprint density at radius 3 is 3.08 bits per heavy atom. The van der Waals surface area contributed by atoms with E-state index in [1.807, 2.05) is 26.1 Å². The highest BCUT2D eigenvalue weighted by Crippen LogP contribution is 2.13. The molecule has 0 fully saturated rings. The highest BCUT2D eigenvalue weighted by atomic mass is 16.5. The van der Waals surface area contributed by atoms with Crippen molar-refractivity contribution in [2.75, 3.05) is 13.7 Å². The lowest BCUT2D eigenvalue weighted by atomic mass is 10.3. The Kier molecular flexibility index (Phi) is 3.54. The molecule has 12 heavy (non-hydrogen) atoms. The van der Waals surface area contributed by atoms with Crippen LogP contribution in [0.3, 0.4) is 0 Å². The summed E-state index contributed by atoms with van der Waals surface area (Å²) in [4.78, 5) is 4.12. The van der Waals surface area contributed by atoms with Crippen LogP contribution in [0.4, 0.5) is 0 Å². The standard InChI is InChI=1S/C9H14N2O/c1-3-12-9-8(7-10-2)5-4-6-11-9/h4-6,10H,3,7H2,1-2H3. The lowest BCUT2D eigenvalue weighted by Gasteiger charge is -2.07. The first-order valence-electron chi connectivity index (χ1n) is 4.09. The third kappa shape index (κ3) is 2.20. The highest BCUT2D eigenvalue weighted by molar-refractivity contribution is 5.24. The molecule has 1 heterocycles. The van der Waals surface area contributed by atoms with Crippen LogP contribution in [0.25, 0.3) is 0 Å². The van der Waals surface area contributed by atoms with Crippen LogP contribution in [0.15, 0.2) is 18.3 Å². The second kappa shape index (κ2) is 4.72. The summed E-state index contributed by atoms with van der Waals surface area (Å²) in [7, 11) is 1.91. The molecule has 0 radical (unpaired) electrons. The molecule has 0 amide bonds. The predicted octanol–water partition coefficient (Wildman–Crippen LogP) is 1.20. The molecule has 3 heteroatoms. The molecular weight excluding hydrogens is 152 g/mol. The van der Waals surface area contributed by atoms with Crippen molar-refractivity contribution < 1.29 is 4.74 Å². The van der Waals surface area contributed by atoms with Crippen LogP contribution >= 0.6 is 0 Å². The predicted molar refractivity (Wildman–Crippen MR) is 48.2 cm³/mol. The van der Waals surface area contributed by atoms with Gasteiger partial charge in [-0.3, -0.25) is 0 Å². The van der Waals surface area contributed by atoms with Gasteiger partial charge in [-0.05, 0) is 20.0 Å². The minimum Gasteiger partial charge on any atom is -0.478 e. The third-order valence-electron chi connectivity index (χ3n) is 1.50. The normalized spacial score (nSPS) is 9.83. The van der Waals surface area contributed by atoms with Crippen molar-refractivity contribution in [3.05, 3.63) is 23.9 Å². The Hall–Kier alpha value is -1.09. The SMILES string of the molecule is CCOc1ncccc1CNC. The Bertz CT molecular complexity index is 213. The number of ether oxygens (including phenoxy) is 1.